The Hall–Kier alpha value is -3.34. The maximum Gasteiger partial charge on any atom is 0.270 e. The Morgan fingerprint density at radius 2 is 1.39 bits per heavy atom. The molecule has 0 aliphatic rings. The van der Waals surface area contributed by atoms with Gasteiger partial charge in [-0.05, 0) is 41.1 Å². The van der Waals surface area contributed by atoms with Gasteiger partial charge in [-0.2, -0.15) is 0 Å². The minimum atomic E-state index is -0.460. The maximum absolute atomic E-state index is 12.3. The number of nitrogens with one attached hydrogen (secondary N) is 2. The third kappa shape index (κ3) is 3.13. The van der Waals surface area contributed by atoms with Gasteiger partial charge in [0.25, 0.3) is 11.8 Å². The molecule has 0 heterocycles. The van der Waals surface area contributed by atoms with Crippen LogP contribution in [-0.2, 0) is 0 Å². The van der Waals surface area contributed by atoms with Gasteiger partial charge >= 0.3 is 0 Å². The largest absolute Gasteiger partial charge is 0.508 e. The van der Waals surface area contributed by atoms with Crippen LogP contribution in [0.15, 0.2) is 66.7 Å². The summed E-state index contributed by atoms with van der Waals surface area (Å²) in [6, 6.07) is 18.7. The van der Waals surface area contributed by atoms with Crippen molar-refractivity contribution in [1.29, 1.82) is 0 Å². The Morgan fingerprint density at radius 3 is 2.17 bits per heavy atom. The van der Waals surface area contributed by atoms with Crippen molar-refractivity contribution in [3.63, 3.8) is 0 Å². The Balaban J connectivity index is 1.74. The highest BCUT2D eigenvalue weighted by molar-refractivity contribution is 6.07. The van der Waals surface area contributed by atoms with Crippen molar-refractivity contribution in [2.45, 2.75) is 0 Å². The molecule has 0 aromatic heterocycles. The normalized spacial score (nSPS) is 10.3. The van der Waals surface area contributed by atoms with Crippen molar-refractivity contribution in [2.75, 3.05) is 0 Å². The number of benzene rings is 3. The molecule has 5 heteroatoms. The van der Waals surface area contributed by atoms with E-state index < -0.39 is 11.8 Å². The lowest BCUT2D eigenvalue weighted by Gasteiger charge is -2.09. The van der Waals surface area contributed by atoms with Gasteiger partial charge < -0.3 is 5.11 Å². The quantitative estimate of drug-likeness (QED) is 0.637. The molecule has 3 rings (SSSR count). The zero-order chi connectivity index (χ0) is 16.2. The first-order valence-electron chi connectivity index (χ1n) is 7.02. The second-order valence-electron chi connectivity index (χ2n) is 4.98. The molecule has 0 bridgehead atoms. The third-order valence-electron chi connectivity index (χ3n) is 3.45. The average molecular weight is 306 g/mol. The van der Waals surface area contributed by atoms with Crippen LogP contribution in [0.1, 0.15) is 20.7 Å². The number of phenolic OH excluding ortho intramolecular Hbond substituents is 1. The van der Waals surface area contributed by atoms with Gasteiger partial charge in [0, 0.05) is 11.1 Å². The first-order valence-corrected chi connectivity index (χ1v) is 7.02. The Kier molecular flexibility index (Phi) is 3.93. The molecule has 0 saturated carbocycles. The molecule has 0 fully saturated rings. The molecule has 3 aromatic carbocycles. The number of phenols is 1. The van der Waals surface area contributed by atoms with Crippen LogP contribution < -0.4 is 10.9 Å². The summed E-state index contributed by atoms with van der Waals surface area (Å²) in [6.07, 6.45) is 0. The number of carbonyl (C=O) groups excluding carboxylic acids is 2. The topological polar surface area (TPSA) is 78.4 Å². The lowest BCUT2D eigenvalue weighted by atomic mass is 10.0. The highest BCUT2D eigenvalue weighted by Crippen LogP contribution is 2.18. The van der Waals surface area contributed by atoms with Gasteiger partial charge in [0.05, 0.1) is 0 Å². The summed E-state index contributed by atoms with van der Waals surface area (Å²) in [6.45, 7) is 0. The molecule has 114 valence electrons. The molecule has 3 aromatic rings. The summed E-state index contributed by atoms with van der Waals surface area (Å²) >= 11 is 0. The molecular weight excluding hydrogens is 292 g/mol. The van der Waals surface area contributed by atoms with Gasteiger partial charge in [0.2, 0.25) is 0 Å². The smallest absolute Gasteiger partial charge is 0.270 e. The minimum Gasteiger partial charge on any atom is -0.508 e. The van der Waals surface area contributed by atoms with Gasteiger partial charge in [-0.15, -0.1) is 0 Å². The van der Waals surface area contributed by atoms with Crippen molar-refractivity contribution in [3.05, 3.63) is 77.9 Å². The van der Waals surface area contributed by atoms with Crippen molar-refractivity contribution in [2.24, 2.45) is 0 Å². The zero-order valence-corrected chi connectivity index (χ0v) is 12.1. The molecule has 5 nitrogen and oxygen atoms in total. The average Bonchev–Trinajstić information content (AvgIpc) is 2.59. The molecule has 2 amide bonds. The molecule has 0 aliphatic heterocycles. The standard InChI is InChI=1S/C18H14N2O3/c21-14-10-8-13(9-11-14)17(22)19-20-18(23)16-7-3-5-12-4-1-2-6-15(12)16/h1-11,21H,(H,19,22)(H,20,23). The molecule has 23 heavy (non-hydrogen) atoms. The monoisotopic (exact) mass is 306 g/mol. The number of amides is 2. The van der Waals surface area contributed by atoms with Crippen molar-refractivity contribution >= 4 is 22.6 Å². The first-order chi connectivity index (χ1) is 11.1. The van der Waals surface area contributed by atoms with E-state index in [2.05, 4.69) is 10.9 Å². The predicted molar refractivity (Wildman–Crippen MR) is 87.0 cm³/mol. The van der Waals surface area contributed by atoms with E-state index in [0.29, 0.717) is 11.1 Å². The van der Waals surface area contributed by atoms with Gasteiger partial charge in [0.1, 0.15) is 5.75 Å². The summed E-state index contributed by atoms with van der Waals surface area (Å²) in [4.78, 5) is 24.2. The van der Waals surface area contributed by atoms with Crippen molar-refractivity contribution in [1.82, 2.24) is 10.9 Å². The van der Waals surface area contributed by atoms with Crippen LogP contribution >= 0.6 is 0 Å². The molecule has 0 atom stereocenters. The summed E-state index contributed by atoms with van der Waals surface area (Å²) in [7, 11) is 0. The van der Waals surface area contributed by atoms with E-state index in [1.165, 1.54) is 24.3 Å². The summed E-state index contributed by atoms with van der Waals surface area (Å²) in [5.41, 5.74) is 5.58. The second kappa shape index (κ2) is 6.19. The Morgan fingerprint density at radius 1 is 0.739 bits per heavy atom. The zero-order valence-electron chi connectivity index (χ0n) is 12.1. The predicted octanol–water partition coefficient (Wildman–Crippen LogP) is 2.62. The maximum atomic E-state index is 12.3. The van der Waals surface area contributed by atoms with Crippen LogP contribution in [0, 0.1) is 0 Å². The van der Waals surface area contributed by atoms with Crippen LogP contribution in [0.5, 0.6) is 5.75 Å². The number of hydrogen-bond acceptors (Lipinski definition) is 3. The van der Waals surface area contributed by atoms with Crippen LogP contribution in [0.4, 0.5) is 0 Å². The molecule has 3 N–H and O–H groups in total. The summed E-state index contributed by atoms with van der Waals surface area (Å²) < 4.78 is 0. The van der Waals surface area contributed by atoms with Gasteiger partial charge in [-0.3, -0.25) is 20.4 Å². The van der Waals surface area contributed by atoms with Gasteiger partial charge in [-0.25, -0.2) is 0 Å². The van der Waals surface area contributed by atoms with Gasteiger partial charge in [0.15, 0.2) is 0 Å². The van der Waals surface area contributed by atoms with Crippen LogP contribution in [0.3, 0.4) is 0 Å². The lowest BCUT2D eigenvalue weighted by Crippen LogP contribution is -2.41. The molecular formula is C18H14N2O3. The van der Waals surface area contributed by atoms with Gasteiger partial charge in [-0.1, -0.05) is 36.4 Å². The van der Waals surface area contributed by atoms with Crippen molar-refractivity contribution < 1.29 is 14.7 Å². The second-order valence-corrected chi connectivity index (χ2v) is 4.98. The lowest BCUT2D eigenvalue weighted by molar-refractivity contribution is 0.0847. The number of fused-ring (bicyclic) bond motifs is 1. The molecule has 0 unspecified atom stereocenters. The van der Waals surface area contributed by atoms with Crippen LogP contribution in [0.2, 0.25) is 0 Å². The highest BCUT2D eigenvalue weighted by atomic mass is 16.3. The minimum absolute atomic E-state index is 0.0707. The fourth-order valence-corrected chi connectivity index (χ4v) is 2.29. The van der Waals surface area contributed by atoms with E-state index in [4.69, 9.17) is 0 Å². The molecule has 0 aliphatic carbocycles. The fourth-order valence-electron chi connectivity index (χ4n) is 2.29. The summed E-state index contributed by atoms with van der Waals surface area (Å²) in [5.74, 6) is -0.783. The summed E-state index contributed by atoms with van der Waals surface area (Å²) in [5, 5.41) is 11.0. The number of carbonyl (C=O) groups is 2. The van der Waals surface area contributed by atoms with E-state index in [0.717, 1.165) is 10.8 Å². The van der Waals surface area contributed by atoms with Crippen molar-refractivity contribution in [3.8, 4) is 5.75 Å². The van der Waals surface area contributed by atoms with E-state index in [1.807, 2.05) is 30.3 Å². The molecule has 0 spiro atoms. The Labute approximate surface area is 132 Å². The number of hydrazine groups is 1. The van der Waals surface area contributed by atoms with E-state index in [-0.39, 0.29) is 5.75 Å². The van der Waals surface area contributed by atoms with E-state index in [9.17, 15) is 14.7 Å². The number of rotatable bonds is 2. The number of aromatic hydroxyl groups is 1. The molecule has 0 saturated heterocycles. The highest BCUT2D eigenvalue weighted by Gasteiger charge is 2.11. The third-order valence-corrected chi connectivity index (χ3v) is 3.45. The fraction of sp³-hybridized carbons (Fsp3) is 0. The van der Waals surface area contributed by atoms with Crippen LogP contribution in [0.25, 0.3) is 10.8 Å². The molecule has 0 radical (unpaired) electrons. The van der Waals surface area contributed by atoms with E-state index >= 15 is 0 Å². The van der Waals surface area contributed by atoms with Crippen LogP contribution in [-0.4, -0.2) is 16.9 Å². The first kappa shape index (κ1) is 14.6. The SMILES string of the molecule is O=C(NNC(=O)c1cccc2ccccc12)c1ccc(O)cc1. The number of hydrogen-bond donors (Lipinski definition) is 3. The van der Waals surface area contributed by atoms with E-state index in [1.54, 1.807) is 12.1 Å². The Bertz CT molecular complexity index is 868.